The zero-order valence-corrected chi connectivity index (χ0v) is 12.4. The van der Waals surface area contributed by atoms with E-state index in [1.54, 1.807) is 13.0 Å². The summed E-state index contributed by atoms with van der Waals surface area (Å²) in [5, 5.41) is 20.4. The number of nitriles is 1. The van der Waals surface area contributed by atoms with Crippen LogP contribution in [0.2, 0.25) is 0 Å². The number of rotatable bonds is 4. The third-order valence-electron chi connectivity index (χ3n) is 2.83. The van der Waals surface area contributed by atoms with Gasteiger partial charge in [0.05, 0.1) is 0 Å². The van der Waals surface area contributed by atoms with Crippen molar-refractivity contribution in [3.63, 3.8) is 0 Å². The largest absolute Gasteiger partial charge is 0.302 e. The molecule has 2 aromatic rings. The van der Waals surface area contributed by atoms with Gasteiger partial charge in [-0.3, -0.25) is 14.9 Å². The lowest BCUT2D eigenvalue weighted by atomic mass is 10.2. The number of anilines is 1. The third-order valence-corrected chi connectivity index (χ3v) is 3.81. The van der Waals surface area contributed by atoms with Gasteiger partial charge in [0.15, 0.2) is 0 Å². The topological polar surface area (TPSA) is 101 Å². The van der Waals surface area contributed by atoms with Crippen LogP contribution in [0.15, 0.2) is 16.9 Å². The van der Waals surface area contributed by atoms with Crippen molar-refractivity contribution in [2.45, 2.75) is 26.8 Å². The SMILES string of the molecule is CCc1nnc(NC(=O)Cn2c(C)ccc(C#N)c2=O)s1. The average molecular weight is 303 g/mol. The lowest BCUT2D eigenvalue weighted by Crippen LogP contribution is -2.30. The summed E-state index contributed by atoms with van der Waals surface area (Å²) in [5.41, 5.74) is 0.150. The first-order valence-electron chi connectivity index (χ1n) is 6.28. The molecular weight excluding hydrogens is 290 g/mol. The van der Waals surface area contributed by atoms with E-state index in [0.29, 0.717) is 10.8 Å². The molecule has 8 heteroatoms. The van der Waals surface area contributed by atoms with E-state index in [0.717, 1.165) is 11.4 Å². The normalized spacial score (nSPS) is 10.1. The average Bonchev–Trinajstić information content (AvgIpc) is 2.91. The highest BCUT2D eigenvalue weighted by Gasteiger charge is 2.12. The molecule has 0 unspecified atom stereocenters. The van der Waals surface area contributed by atoms with E-state index in [4.69, 9.17) is 5.26 Å². The van der Waals surface area contributed by atoms with Crippen molar-refractivity contribution in [1.29, 1.82) is 5.26 Å². The maximum atomic E-state index is 12.0. The summed E-state index contributed by atoms with van der Waals surface area (Å²) < 4.78 is 1.26. The Balaban J connectivity index is 2.17. The predicted molar refractivity (Wildman–Crippen MR) is 78.1 cm³/mol. The molecule has 1 amide bonds. The monoisotopic (exact) mass is 303 g/mol. The molecule has 0 aliphatic rings. The fourth-order valence-corrected chi connectivity index (χ4v) is 2.40. The number of carbonyl (C=O) groups is 1. The van der Waals surface area contributed by atoms with Crippen LogP contribution in [0.4, 0.5) is 5.13 Å². The zero-order chi connectivity index (χ0) is 15.4. The smallest absolute Gasteiger partial charge is 0.269 e. The number of pyridine rings is 1. The molecule has 7 nitrogen and oxygen atoms in total. The van der Waals surface area contributed by atoms with Gasteiger partial charge in [0.25, 0.3) is 5.56 Å². The van der Waals surface area contributed by atoms with Gasteiger partial charge in [-0.25, -0.2) is 0 Å². The molecule has 0 bridgehead atoms. The van der Waals surface area contributed by atoms with Gasteiger partial charge in [-0.2, -0.15) is 5.26 Å². The number of hydrogen-bond donors (Lipinski definition) is 1. The fourth-order valence-electron chi connectivity index (χ4n) is 1.70. The highest BCUT2D eigenvalue weighted by atomic mass is 32.1. The lowest BCUT2D eigenvalue weighted by molar-refractivity contribution is -0.116. The molecular formula is C13H13N5O2S. The summed E-state index contributed by atoms with van der Waals surface area (Å²) in [6, 6.07) is 4.89. The van der Waals surface area contributed by atoms with Crippen LogP contribution in [-0.4, -0.2) is 20.7 Å². The molecule has 0 radical (unpaired) electrons. The summed E-state index contributed by atoms with van der Waals surface area (Å²) in [6.45, 7) is 3.49. The van der Waals surface area contributed by atoms with E-state index in [9.17, 15) is 9.59 Å². The van der Waals surface area contributed by atoms with Crippen LogP contribution in [0.5, 0.6) is 0 Å². The Kier molecular flexibility index (Phi) is 4.45. The third kappa shape index (κ3) is 3.32. The summed E-state index contributed by atoms with van der Waals surface area (Å²) >= 11 is 1.29. The van der Waals surface area contributed by atoms with Crippen LogP contribution in [-0.2, 0) is 17.8 Å². The number of nitrogens with one attached hydrogen (secondary N) is 1. The molecule has 0 saturated heterocycles. The van der Waals surface area contributed by atoms with Crippen LogP contribution in [0.3, 0.4) is 0 Å². The van der Waals surface area contributed by atoms with Gasteiger partial charge >= 0.3 is 0 Å². The minimum Gasteiger partial charge on any atom is -0.302 e. The Labute approximate surface area is 124 Å². The minimum atomic E-state index is -0.473. The van der Waals surface area contributed by atoms with Gasteiger partial charge in [-0.1, -0.05) is 18.3 Å². The van der Waals surface area contributed by atoms with E-state index in [-0.39, 0.29) is 18.0 Å². The zero-order valence-electron chi connectivity index (χ0n) is 11.6. The predicted octanol–water partition coefficient (Wildman–Crippen LogP) is 1.08. The molecule has 0 spiro atoms. The van der Waals surface area contributed by atoms with Crippen LogP contribution >= 0.6 is 11.3 Å². The molecule has 0 saturated carbocycles. The van der Waals surface area contributed by atoms with E-state index >= 15 is 0 Å². The Morgan fingerprint density at radius 3 is 2.86 bits per heavy atom. The molecule has 0 atom stereocenters. The standard InChI is InChI=1S/C13H13N5O2S/c1-3-11-16-17-13(21-11)15-10(19)7-18-8(2)4-5-9(6-14)12(18)20/h4-5H,3,7H2,1-2H3,(H,15,17,19). The molecule has 21 heavy (non-hydrogen) atoms. The van der Waals surface area contributed by atoms with Crippen molar-refractivity contribution < 1.29 is 4.79 Å². The summed E-state index contributed by atoms with van der Waals surface area (Å²) in [7, 11) is 0. The Hall–Kier alpha value is -2.53. The van der Waals surface area contributed by atoms with Gasteiger partial charge < -0.3 is 4.57 Å². The number of amides is 1. The van der Waals surface area contributed by atoms with Gasteiger partial charge in [-0.15, -0.1) is 10.2 Å². The number of carbonyl (C=O) groups excluding carboxylic acids is 1. The molecule has 2 heterocycles. The molecule has 1 N–H and O–H groups in total. The number of hydrogen-bond acceptors (Lipinski definition) is 6. The molecule has 0 aliphatic carbocycles. The van der Waals surface area contributed by atoms with Crippen LogP contribution < -0.4 is 10.9 Å². The minimum absolute atomic E-state index is 0.0117. The van der Waals surface area contributed by atoms with Crippen molar-refractivity contribution in [1.82, 2.24) is 14.8 Å². The van der Waals surface area contributed by atoms with Crippen LogP contribution in [0.1, 0.15) is 23.2 Å². The highest BCUT2D eigenvalue weighted by Crippen LogP contribution is 2.15. The first kappa shape index (κ1) is 14.9. The molecule has 2 aromatic heterocycles. The first-order valence-corrected chi connectivity index (χ1v) is 7.09. The Bertz CT molecular complexity index is 772. The maximum absolute atomic E-state index is 12.0. The van der Waals surface area contributed by atoms with Crippen LogP contribution in [0.25, 0.3) is 0 Å². The molecule has 0 fully saturated rings. The van der Waals surface area contributed by atoms with Crippen molar-refractivity contribution >= 4 is 22.4 Å². The first-order chi connectivity index (χ1) is 10.0. The summed E-state index contributed by atoms with van der Waals surface area (Å²) in [6.07, 6.45) is 0.746. The number of nitrogens with zero attached hydrogens (tertiary/aromatic N) is 4. The van der Waals surface area contributed by atoms with Gasteiger partial charge in [0.2, 0.25) is 11.0 Å². The van der Waals surface area contributed by atoms with Gasteiger partial charge in [0.1, 0.15) is 23.2 Å². The second-order valence-corrected chi connectivity index (χ2v) is 5.36. The fraction of sp³-hybridized carbons (Fsp3) is 0.308. The van der Waals surface area contributed by atoms with E-state index in [1.165, 1.54) is 22.0 Å². The van der Waals surface area contributed by atoms with Gasteiger partial charge in [0, 0.05) is 5.69 Å². The van der Waals surface area contributed by atoms with Crippen molar-refractivity contribution in [3.8, 4) is 6.07 Å². The number of aromatic nitrogens is 3. The molecule has 2 rings (SSSR count). The van der Waals surface area contributed by atoms with Crippen molar-refractivity contribution in [3.05, 3.63) is 38.8 Å². The van der Waals surface area contributed by atoms with E-state index in [1.807, 2.05) is 13.0 Å². The molecule has 0 aliphatic heterocycles. The quantitative estimate of drug-likeness (QED) is 0.911. The Morgan fingerprint density at radius 2 is 2.24 bits per heavy atom. The van der Waals surface area contributed by atoms with Crippen molar-refractivity contribution in [2.24, 2.45) is 0 Å². The van der Waals surface area contributed by atoms with E-state index < -0.39 is 5.56 Å². The highest BCUT2D eigenvalue weighted by molar-refractivity contribution is 7.15. The molecule has 108 valence electrons. The van der Waals surface area contributed by atoms with Crippen molar-refractivity contribution in [2.75, 3.05) is 5.32 Å². The Morgan fingerprint density at radius 1 is 1.48 bits per heavy atom. The second kappa shape index (κ2) is 6.28. The van der Waals surface area contributed by atoms with Gasteiger partial charge in [-0.05, 0) is 25.5 Å². The summed E-state index contributed by atoms with van der Waals surface area (Å²) in [4.78, 5) is 24.0. The second-order valence-electron chi connectivity index (χ2n) is 4.29. The van der Waals surface area contributed by atoms with Crippen LogP contribution in [0, 0.1) is 18.3 Å². The lowest BCUT2D eigenvalue weighted by Gasteiger charge is -2.09. The number of aryl methyl sites for hydroxylation is 2. The molecule has 0 aromatic carbocycles. The van der Waals surface area contributed by atoms with E-state index in [2.05, 4.69) is 15.5 Å². The summed E-state index contributed by atoms with van der Waals surface area (Å²) in [5.74, 6) is -0.380. The maximum Gasteiger partial charge on any atom is 0.269 e.